The minimum absolute atomic E-state index is 0.00396. The number of carbonyl (C=O) groups is 1. The number of thiazole rings is 1. The Morgan fingerprint density at radius 2 is 2.23 bits per heavy atom. The van der Waals surface area contributed by atoms with E-state index in [0.29, 0.717) is 0 Å². The second kappa shape index (κ2) is 7.03. The van der Waals surface area contributed by atoms with Crippen LogP contribution in [0.4, 0.5) is 0 Å². The monoisotopic (exact) mass is 315 g/mol. The highest BCUT2D eigenvalue weighted by molar-refractivity contribution is 7.09. The van der Waals surface area contributed by atoms with Gasteiger partial charge in [0.2, 0.25) is 5.91 Å². The summed E-state index contributed by atoms with van der Waals surface area (Å²) in [7, 11) is 1.71. The molecule has 0 spiro atoms. The van der Waals surface area contributed by atoms with E-state index in [0.717, 1.165) is 43.1 Å². The van der Waals surface area contributed by atoms with Crippen LogP contribution in [0.3, 0.4) is 0 Å². The number of nitrogens with one attached hydrogen (secondary N) is 1. The highest BCUT2D eigenvalue weighted by Gasteiger charge is 2.30. The molecule has 3 rings (SSSR count). The van der Waals surface area contributed by atoms with E-state index in [4.69, 9.17) is 4.98 Å². The SMILES string of the molecule is CNC(=O)[C@@H]1CCCN1Cc1csc(Cc2ccccc2)n1. The van der Waals surface area contributed by atoms with Crippen molar-refractivity contribution in [3.63, 3.8) is 0 Å². The lowest BCUT2D eigenvalue weighted by atomic mass is 10.2. The summed E-state index contributed by atoms with van der Waals surface area (Å²) < 4.78 is 0. The Bertz CT molecular complexity index is 626. The summed E-state index contributed by atoms with van der Waals surface area (Å²) in [6.07, 6.45) is 2.91. The van der Waals surface area contributed by atoms with E-state index in [1.165, 1.54) is 5.56 Å². The first kappa shape index (κ1) is 15.2. The minimum Gasteiger partial charge on any atom is -0.358 e. The van der Waals surface area contributed by atoms with Gasteiger partial charge in [0.25, 0.3) is 0 Å². The van der Waals surface area contributed by atoms with Crippen molar-refractivity contribution in [2.75, 3.05) is 13.6 Å². The molecule has 4 nitrogen and oxygen atoms in total. The van der Waals surface area contributed by atoms with Crippen LogP contribution in [0.5, 0.6) is 0 Å². The van der Waals surface area contributed by atoms with Crippen molar-refractivity contribution in [2.24, 2.45) is 0 Å². The van der Waals surface area contributed by atoms with E-state index >= 15 is 0 Å². The van der Waals surface area contributed by atoms with Crippen LogP contribution in [0.15, 0.2) is 35.7 Å². The normalized spacial score (nSPS) is 18.5. The molecular weight excluding hydrogens is 294 g/mol. The number of aromatic nitrogens is 1. The predicted molar refractivity (Wildman–Crippen MR) is 88.9 cm³/mol. The molecule has 1 fully saturated rings. The Hall–Kier alpha value is -1.72. The van der Waals surface area contributed by atoms with Crippen LogP contribution in [0.2, 0.25) is 0 Å². The Balaban J connectivity index is 1.63. The molecule has 22 heavy (non-hydrogen) atoms. The lowest BCUT2D eigenvalue weighted by Gasteiger charge is -2.21. The van der Waals surface area contributed by atoms with Crippen LogP contribution in [0, 0.1) is 0 Å². The fourth-order valence-electron chi connectivity index (χ4n) is 2.96. The van der Waals surface area contributed by atoms with E-state index in [2.05, 4.69) is 39.9 Å². The zero-order valence-corrected chi connectivity index (χ0v) is 13.6. The van der Waals surface area contributed by atoms with Gasteiger partial charge in [0, 0.05) is 25.4 Å². The molecule has 0 saturated carbocycles. The first-order valence-electron chi connectivity index (χ1n) is 7.69. The zero-order valence-electron chi connectivity index (χ0n) is 12.8. The largest absolute Gasteiger partial charge is 0.358 e. The average molecular weight is 315 g/mol. The van der Waals surface area contributed by atoms with Gasteiger partial charge in [-0.15, -0.1) is 11.3 Å². The molecule has 0 bridgehead atoms. The van der Waals surface area contributed by atoms with Crippen molar-refractivity contribution >= 4 is 17.2 Å². The molecule has 1 aliphatic rings. The summed E-state index contributed by atoms with van der Waals surface area (Å²) in [5, 5.41) is 6.02. The van der Waals surface area contributed by atoms with Gasteiger partial charge in [0.15, 0.2) is 0 Å². The van der Waals surface area contributed by atoms with Gasteiger partial charge in [0.05, 0.1) is 16.7 Å². The molecule has 0 radical (unpaired) electrons. The molecule has 0 aliphatic carbocycles. The van der Waals surface area contributed by atoms with Crippen molar-refractivity contribution in [1.29, 1.82) is 0 Å². The van der Waals surface area contributed by atoms with Gasteiger partial charge >= 0.3 is 0 Å². The molecule has 1 N–H and O–H groups in total. The number of nitrogens with zero attached hydrogens (tertiary/aromatic N) is 2. The van der Waals surface area contributed by atoms with Crippen LogP contribution < -0.4 is 5.32 Å². The maximum Gasteiger partial charge on any atom is 0.237 e. The highest BCUT2D eigenvalue weighted by atomic mass is 32.1. The highest BCUT2D eigenvalue weighted by Crippen LogP contribution is 2.22. The maximum atomic E-state index is 11.9. The first-order chi connectivity index (χ1) is 10.8. The van der Waals surface area contributed by atoms with E-state index < -0.39 is 0 Å². The molecule has 116 valence electrons. The van der Waals surface area contributed by atoms with Gasteiger partial charge in [-0.3, -0.25) is 9.69 Å². The predicted octanol–water partition coefficient (Wildman–Crippen LogP) is 2.44. The molecule has 1 atom stereocenters. The summed E-state index contributed by atoms with van der Waals surface area (Å²) >= 11 is 1.70. The molecule has 1 aliphatic heterocycles. The molecule has 2 aromatic rings. The number of rotatable bonds is 5. The number of likely N-dealkylation sites (tertiary alicyclic amines) is 1. The average Bonchev–Trinajstić information content (AvgIpc) is 3.18. The quantitative estimate of drug-likeness (QED) is 0.922. The van der Waals surface area contributed by atoms with E-state index in [9.17, 15) is 4.79 Å². The Kier molecular flexibility index (Phi) is 4.85. The molecule has 1 saturated heterocycles. The number of likely N-dealkylation sites (N-methyl/N-ethyl adjacent to an activating group) is 1. The third kappa shape index (κ3) is 3.54. The Morgan fingerprint density at radius 1 is 1.41 bits per heavy atom. The summed E-state index contributed by atoms with van der Waals surface area (Å²) in [5.74, 6) is 0.122. The van der Waals surface area contributed by atoms with Crippen molar-refractivity contribution in [2.45, 2.75) is 31.8 Å². The van der Waals surface area contributed by atoms with Crippen LogP contribution >= 0.6 is 11.3 Å². The van der Waals surface area contributed by atoms with Crippen LogP contribution in [-0.4, -0.2) is 35.4 Å². The fourth-order valence-corrected chi connectivity index (χ4v) is 3.78. The third-order valence-electron chi connectivity index (χ3n) is 4.08. The molecule has 5 heteroatoms. The lowest BCUT2D eigenvalue weighted by molar-refractivity contribution is -0.125. The fraction of sp³-hybridized carbons (Fsp3) is 0.412. The van der Waals surface area contributed by atoms with Crippen LogP contribution in [0.25, 0.3) is 0 Å². The second-order valence-electron chi connectivity index (χ2n) is 5.64. The van der Waals surface area contributed by atoms with Gasteiger partial charge in [0.1, 0.15) is 0 Å². The smallest absolute Gasteiger partial charge is 0.237 e. The van der Waals surface area contributed by atoms with Gasteiger partial charge in [-0.05, 0) is 24.9 Å². The molecule has 1 amide bonds. The van der Waals surface area contributed by atoms with Crippen LogP contribution in [-0.2, 0) is 17.8 Å². The first-order valence-corrected chi connectivity index (χ1v) is 8.57. The van der Waals surface area contributed by atoms with Crippen molar-refractivity contribution < 1.29 is 4.79 Å². The minimum atomic E-state index is 0.00396. The number of hydrogen-bond donors (Lipinski definition) is 1. The summed E-state index contributed by atoms with van der Waals surface area (Å²) in [5.41, 5.74) is 2.36. The van der Waals surface area contributed by atoms with Crippen LogP contribution in [0.1, 0.15) is 29.1 Å². The Morgan fingerprint density at radius 3 is 3.00 bits per heavy atom. The van der Waals surface area contributed by atoms with E-state index in [1.807, 2.05) is 6.07 Å². The van der Waals surface area contributed by atoms with Gasteiger partial charge in [-0.2, -0.15) is 0 Å². The lowest BCUT2D eigenvalue weighted by Crippen LogP contribution is -2.41. The summed E-state index contributed by atoms with van der Waals surface area (Å²) in [4.78, 5) is 18.9. The number of carbonyl (C=O) groups excluding carboxylic acids is 1. The molecule has 1 aromatic heterocycles. The third-order valence-corrected chi connectivity index (χ3v) is 4.97. The summed E-state index contributed by atoms with van der Waals surface area (Å²) in [6.45, 7) is 1.74. The van der Waals surface area contributed by atoms with Crippen molar-refractivity contribution in [3.05, 3.63) is 52.0 Å². The topological polar surface area (TPSA) is 45.2 Å². The zero-order chi connectivity index (χ0) is 15.4. The van der Waals surface area contributed by atoms with Gasteiger partial charge in [-0.1, -0.05) is 30.3 Å². The summed E-state index contributed by atoms with van der Waals surface area (Å²) in [6, 6.07) is 10.4. The number of amides is 1. The van der Waals surface area contributed by atoms with Crippen molar-refractivity contribution in [3.8, 4) is 0 Å². The maximum absolute atomic E-state index is 11.9. The molecule has 0 unspecified atom stereocenters. The number of hydrogen-bond acceptors (Lipinski definition) is 4. The van der Waals surface area contributed by atoms with E-state index in [-0.39, 0.29) is 11.9 Å². The van der Waals surface area contributed by atoms with Crippen molar-refractivity contribution in [1.82, 2.24) is 15.2 Å². The van der Waals surface area contributed by atoms with Gasteiger partial charge < -0.3 is 5.32 Å². The standard InChI is InChI=1S/C17H21N3OS/c1-18-17(21)15-8-5-9-20(15)11-14-12-22-16(19-14)10-13-6-3-2-4-7-13/h2-4,6-7,12,15H,5,8-11H2,1H3,(H,18,21)/t15-/m0/s1. The van der Waals surface area contributed by atoms with E-state index in [1.54, 1.807) is 18.4 Å². The second-order valence-corrected chi connectivity index (χ2v) is 6.58. The van der Waals surface area contributed by atoms with Gasteiger partial charge in [-0.25, -0.2) is 4.98 Å². The number of benzene rings is 1. The Labute approximate surface area is 135 Å². The molecule has 1 aromatic carbocycles. The molecule has 2 heterocycles. The molecular formula is C17H21N3OS.